The molecule has 0 aliphatic heterocycles. The first-order chi connectivity index (χ1) is 14.3. The van der Waals surface area contributed by atoms with E-state index in [9.17, 15) is 12.8 Å². The number of halogens is 1. The molecule has 0 aliphatic carbocycles. The molecular weight excluding hydrogens is 399 g/mol. The van der Waals surface area contributed by atoms with Gasteiger partial charge in [0, 0.05) is 18.1 Å². The number of rotatable bonds is 5. The van der Waals surface area contributed by atoms with Gasteiger partial charge in [-0.2, -0.15) is 0 Å². The van der Waals surface area contributed by atoms with Gasteiger partial charge in [-0.25, -0.2) is 12.8 Å². The zero-order chi connectivity index (χ0) is 21.3. The highest BCUT2D eigenvalue weighted by atomic mass is 32.2. The van der Waals surface area contributed by atoms with Crippen LogP contribution < -0.4 is 5.32 Å². The summed E-state index contributed by atoms with van der Waals surface area (Å²) in [6, 6.07) is 18.6. The zero-order valence-corrected chi connectivity index (χ0v) is 17.5. The summed E-state index contributed by atoms with van der Waals surface area (Å²) < 4.78 is 40.1. The second kappa shape index (κ2) is 7.88. The molecule has 4 nitrogen and oxygen atoms in total. The van der Waals surface area contributed by atoms with E-state index in [1.54, 1.807) is 36.4 Å². The third-order valence-corrected chi connectivity index (χ3v) is 6.77. The quantitative estimate of drug-likeness (QED) is 0.467. The molecule has 0 aliphatic rings. The number of fused-ring (bicyclic) bond motifs is 1. The predicted octanol–water partition coefficient (Wildman–Crippen LogP) is 5.44. The molecule has 0 saturated heterocycles. The Hall–Kier alpha value is -3.25. The normalized spacial score (nSPS) is 11.6. The van der Waals surface area contributed by atoms with Crippen molar-refractivity contribution in [3.8, 4) is 0 Å². The maximum Gasteiger partial charge on any atom is 0.210 e. The van der Waals surface area contributed by atoms with Crippen LogP contribution in [0.3, 0.4) is 0 Å². The average Bonchev–Trinajstić information content (AvgIpc) is 2.73. The van der Waals surface area contributed by atoms with Crippen molar-refractivity contribution in [1.29, 1.82) is 0 Å². The van der Waals surface area contributed by atoms with E-state index < -0.39 is 9.84 Å². The van der Waals surface area contributed by atoms with E-state index in [0.717, 1.165) is 22.1 Å². The van der Waals surface area contributed by atoms with Gasteiger partial charge in [0.25, 0.3) is 0 Å². The summed E-state index contributed by atoms with van der Waals surface area (Å²) in [5.74, 6) is -0.314. The Kier molecular flexibility index (Phi) is 5.26. The number of hydrogen-bond acceptors (Lipinski definition) is 4. The lowest BCUT2D eigenvalue weighted by Gasteiger charge is -2.16. The third-order valence-electron chi connectivity index (χ3n) is 4.99. The molecule has 30 heavy (non-hydrogen) atoms. The monoisotopic (exact) mass is 420 g/mol. The van der Waals surface area contributed by atoms with Crippen LogP contribution in [-0.2, 0) is 16.4 Å². The summed E-state index contributed by atoms with van der Waals surface area (Å²) in [6.45, 7) is 4.21. The Morgan fingerprint density at radius 2 is 1.57 bits per heavy atom. The van der Waals surface area contributed by atoms with Gasteiger partial charge in [0.2, 0.25) is 9.84 Å². The van der Waals surface area contributed by atoms with Crippen LogP contribution in [0.25, 0.3) is 10.9 Å². The molecule has 0 atom stereocenters. The van der Waals surface area contributed by atoms with Gasteiger partial charge in [-0.3, -0.25) is 4.98 Å². The van der Waals surface area contributed by atoms with Crippen molar-refractivity contribution >= 4 is 26.4 Å². The van der Waals surface area contributed by atoms with Gasteiger partial charge in [-0.15, -0.1) is 0 Å². The van der Waals surface area contributed by atoms with Gasteiger partial charge in [0.05, 0.1) is 16.1 Å². The van der Waals surface area contributed by atoms with Crippen LogP contribution in [0.15, 0.2) is 82.7 Å². The highest BCUT2D eigenvalue weighted by molar-refractivity contribution is 7.91. The fourth-order valence-corrected chi connectivity index (χ4v) is 4.70. The molecule has 1 aromatic heterocycles. The van der Waals surface area contributed by atoms with Crippen LogP contribution >= 0.6 is 0 Å². The largest absolute Gasteiger partial charge is 0.379 e. The highest BCUT2D eigenvalue weighted by Crippen LogP contribution is 2.34. The Bertz CT molecular complexity index is 1320. The van der Waals surface area contributed by atoms with E-state index in [4.69, 9.17) is 0 Å². The minimum atomic E-state index is -3.79. The minimum absolute atomic E-state index is 0.117. The average molecular weight is 421 g/mol. The van der Waals surface area contributed by atoms with E-state index in [-0.39, 0.29) is 15.6 Å². The number of aryl methyl sites for hydroxylation is 2. The first kappa shape index (κ1) is 20.0. The lowest BCUT2D eigenvalue weighted by atomic mass is 10.1. The van der Waals surface area contributed by atoms with Crippen LogP contribution in [0.2, 0.25) is 0 Å². The zero-order valence-electron chi connectivity index (χ0n) is 16.7. The maximum absolute atomic E-state index is 13.4. The van der Waals surface area contributed by atoms with Crippen molar-refractivity contribution in [2.45, 2.75) is 30.2 Å². The standard InChI is InChI=1S/C24H21FN2O2S/c1-16-3-10-20(11-4-16)30(28,29)23-15-26-22-12-5-17(2)13-21(22)24(23)27-14-18-6-8-19(25)9-7-18/h3-13,15H,14H2,1-2H3,(H,26,27). The molecule has 4 aromatic rings. The Labute approximate surface area is 175 Å². The molecular formula is C24H21FN2O2S. The molecule has 3 aromatic carbocycles. The fourth-order valence-electron chi connectivity index (χ4n) is 3.31. The van der Waals surface area contributed by atoms with Crippen LogP contribution in [-0.4, -0.2) is 13.4 Å². The first-order valence-corrected chi connectivity index (χ1v) is 11.0. The summed E-state index contributed by atoms with van der Waals surface area (Å²) in [4.78, 5) is 4.72. The molecule has 0 spiro atoms. The van der Waals surface area contributed by atoms with Gasteiger partial charge in [-0.05, 0) is 55.8 Å². The van der Waals surface area contributed by atoms with Crippen LogP contribution in [0.4, 0.5) is 10.1 Å². The number of benzene rings is 3. The van der Waals surface area contributed by atoms with Crippen molar-refractivity contribution in [2.75, 3.05) is 5.32 Å². The second-order valence-electron chi connectivity index (χ2n) is 7.31. The van der Waals surface area contributed by atoms with E-state index in [1.807, 2.05) is 32.0 Å². The van der Waals surface area contributed by atoms with Crippen molar-refractivity contribution < 1.29 is 12.8 Å². The third kappa shape index (κ3) is 3.91. The van der Waals surface area contributed by atoms with Crippen molar-refractivity contribution in [1.82, 2.24) is 4.98 Å². The number of sulfone groups is 1. The maximum atomic E-state index is 13.4. The molecule has 0 fully saturated rings. The Balaban J connectivity index is 1.85. The van der Waals surface area contributed by atoms with Gasteiger partial charge in [-0.1, -0.05) is 41.5 Å². The summed E-state index contributed by atoms with van der Waals surface area (Å²) in [7, 11) is -3.79. The Morgan fingerprint density at radius 1 is 0.900 bits per heavy atom. The van der Waals surface area contributed by atoms with E-state index in [0.29, 0.717) is 17.7 Å². The number of pyridine rings is 1. The van der Waals surface area contributed by atoms with Gasteiger partial charge >= 0.3 is 0 Å². The van der Waals surface area contributed by atoms with Gasteiger partial charge in [0.1, 0.15) is 10.7 Å². The lowest BCUT2D eigenvalue weighted by Crippen LogP contribution is -2.10. The van der Waals surface area contributed by atoms with E-state index in [1.165, 1.54) is 18.3 Å². The molecule has 4 rings (SSSR count). The molecule has 0 amide bonds. The minimum Gasteiger partial charge on any atom is -0.379 e. The van der Waals surface area contributed by atoms with Crippen molar-refractivity contribution in [3.63, 3.8) is 0 Å². The van der Waals surface area contributed by atoms with E-state index >= 15 is 0 Å². The highest BCUT2D eigenvalue weighted by Gasteiger charge is 2.24. The smallest absolute Gasteiger partial charge is 0.210 e. The summed E-state index contributed by atoms with van der Waals surface area (Å²) >= 11 is 0. The van der Waals surface area contributed by atoms with Crippen LogP contribution in [0.5, 0.6) is 0 Å². The topological polar surface area (TPSA) is 59.1 Å². The first-order valence-electron chi connectivity index (χ1n) is 9.54. The van der Waals surface area contributed by atoms with Crippen molar-refractivity contribution in [2.24, 2.45) is 0 Å². The molecule has 0 radical (unpaired) electrons. The molecule has 0 bridgehead atoms. The Morgan fingerprint density at radius 3 is 2.27 bits per heavy atom. The molecule has 0 unspecified atom stereocenters. The number of anilines is 1. The number of aromatic nitrogens is 1. The second-order valence-corrected chi connectivity index (χ2v) is 9.23. The van der Waals surface area contributed by atoms with Crippen LogP contribution in [0.1, 0.15) is 16.7 Å². The molecule has 1 N–H and O–H groups in total. The SMILES string of the molecule is Cc1ccc(S(=O)(=O)c2cnc3ccc(C)cc3c2NCc2ccc(F)cc2)cc1. The summed E-state index contributed by atoms with van der Waals surface area (Å²) in [5.41, 5.74) is 4.02. The molecule has 6 heteroatoms. The molecule has 0 saturated carbocycles. The number of nitrogens with zero attached hydrogens (tertiary/aromatic N) is 1. The predicted molar refractivity (Wildman–Crippen MR) is 117 cm³/mol. The van der Waals surface area contributed by atoms with Gasteiger partial charge in [0.15, 0.2) is 0 Å². The van der Waals surface area contributed by atoms with Crippen LogP contribution in [0, 0.1) is 19.7 Å². The lowest BCUT2D eigenvalue weighted by molar-refractivity contribution is 0.596. The van der Waals surface area contributed by atoms with E-state index in [2.05, 4.69) is 10.3 Å². The fraction of sp³-hybridized carbons (Fsp3) is 0.125. The summed E-state index contributed by atoms with van der Waals surface area (Å²) in [5, 5.41) is 3.99. The molecule has 152 valence electrons. The van der Waals surface area contributed by atoms with Gasteiger partial charge < -0.3 is 5.32 Å². The number of nitrogens with one attached hydrogen (secondary N) is 1. The molecule has 1 heterocycles. The van der Waals surface area contributed by atoms with Crippen molar-refractivity contribution in [3.05, 3.63) is 95.4 Å². The summed E-state index contributed by atoms with van der Waals surface area (Å²) in [6.07, 6.45) is 1.40. The number of hydrogen-bond donors (Lipinski definition) is 1.